The number of methoxy groups -OCH3 is 1. The monoisotopic (exact) mass is 403 g/mol. The fourth-order valence-electron chi connectivity index (χ4n) is 2.70. The summed E-state index contributed by atoms with van der Waals surface area (Å²) >= 11 is 0. The Balaban J connectivity index is 1.82. The first-order valence-corrected chi connectivity index (χ1v) is 9.36. The van der Waals surface area contributed by atoms with Crippen LogP contribution >= 0.6 is 0 Å². The second-order valence-electron chi connectivity index (χ2n) is 6.24. The normalized spacial score (nSPS) is 10.6. The maximum absolute atomic E-state index is 12.3. The number of aromatic nitrogens is 2. The van der Waals surface area contributed by atoms with E-state index in [9.17, 15) is 10.1 Å². The van der Waals surface area contributed by atoms with Gasteiger partial charge in [-0.2, -0.15) is 10.4 Å². The molecular formula is C22H21N5O3. The molecule has 0 aliphatic heterocycles. The third-order valence-electron chi connectivity index (χ3n) is 4.11. The lowest BCUT2D eigenvalue weighted by Crippen LogP contribution is -2.16. The van der Waals surface area contributed by atoms with Crippen molar-refractivity contribution in [1.29, 1.82) is 5.26 Å². The van der Waals surface area contributed by atoms with Crippen molar-refractivity contribution in [1.82, 2.24) is 9.97 Å². The highest BCUT2D eigenvalue weighted by atomic mass is 16.5. The van der Waals surface area contributed by atoms with Crippen molar-refractivity contribution < 1.29 is 9.47 Å². The van der Waals surface area contributed by atoms with Gasteiger partial charge in [0.25, 0.3) is 5.56 Å². The number of benzene rings is 2. The second-order valence-corrected chi connectivity index (χ2v) is 6.24. The molecule has 8 nitrogen and oxygen atoms in total. The number of nitrogens with one attached hydrogen (secondary N) is 2. The Kier molecular flexibility index (Phi) is 6.79. The number of rotatable bonds is 8. The molecule has 8 heteroatoms. The molecule has 2 aromatic carbocycles. The molecule has 1 aromatic heterocycles. The van der Waals surface area contributed by atoms with Crippen LogP contribution in [0.5, 0.6) is 11.5 Å². The van der Waals surface area contributed by atoms with Gasteiger partial charge in [-0.3, -0.25) is 9.78 Å². The number of nitrogens with zero attached hydrogens (tertiary/aromatic N) is 3. The largest absolute Gasteiger partial charge is 0.493 e. The van der Waals surface area contributed by atoms with Crippen LogP contribution in [0.2, 0.25) is 0 Å². The van der Waals surface area contributed by atoms with Crippen LogP contribution < -0.4 is 20.5 Å². The number of ether oxygens (including phenoxy) is 2. The lowest BCUT2D eigenvalue weighted by atomic mass is 10.1. The van der Waals surface area contributed by atoms with Gasteiger partial charge in [0.05, 0.1) is 25.6 Å². The molecule has 2 N–H and O–H groups in total. The van der Waals surface area contributed by atoms with Gasteiger partial charge in [0.2, 0.25) is 5.95 Å². The van der Waals surface area contributed by atoms with Crippen LogP contribution in [0, 0.1) is 11.3 Å². The Morgan fingerprint density at radius 3 is 2.73 bits per heavy atom. The predicted octanol–water partition coefficient (Wildman–Crippen LogP) is 3.55. The van der Waals surface area contributed by atoms with E-state index in [1.54, 1.807) is 31.5 Å². The molecule has 0 unspecified atom stereocenters. The Labute approximate surface area is 173 Å². The van der Waals surface area contributed by atoms with Gasteiger partial charge in [-0.25, -0.2) is 10.4 Å². The number of anilines is 1. The van der Waals surface area contributed by atoms with Gasteiger partial charge < -0.3 is 9.47 Å². The minimum Gasteiger partial charge on any atom is -0.493 e. The number of aromatic amines is 1. The Bertz CT molecular complexity index is 1130. The summed E-state index contributed by atoms with van der Waals surface area (Å²) < 4.78 is 11.0. The van der Waals surface area contributed by atoms with Crippen LogP contribution in [0.3, 0.4) is 0 Å². The molecule has 0 radical (unpaired) electrons. The van der Waals surface area contributed by atoms with Crippen molar-refractivity contribution in [3.63, 3.8) is 0 Å². The lowest BCUT2D eigenvalue weighted by molar-refractivity contribution is 0.294. The summed E-state index contributed by atoms with van der Waals surface area (Å²) in [6.07, 6.45) is 2.46. The average Bonchev–Trinajstić information content (AvgIpc) is 2.78. The van der Waals surface area contributed by atoms with Crippen LogP contribution in [0.4, 0.5) is 5.95 Å². The molecule has 0 bridgehead atoms. The minimum atomic E-state index is -0.539. The number of hydrogen-bond donors (Lipinski definition) is 2. The molecular weight excluding hydrogens is 382 g/mol. The fraction of sp³-hybridized carbons (Fsp3) is 0.182. The third kappa shape index (κ3) is 4.83. The average molecular weight is 403 g/mol. The number of hydrazone groups is 1. The maximum Gasteiger partial charge on any atom is 0.270 e. The summed E-state index contributed by atoms with van der Waals surface area (Å²) in [5.74, 6) is 1.39. The second kappa shape index (κ2) is 9.89. The first-order chi connectivity index (χ1) is 14.7. The van der Waals surface area contributed by atoms with E-state index < -0.39 is 5.56 Å². The smallest absolute Gasteiger partial charge is 0.270 e. The lowest BCUT2D eigenvalue weighted by Gasteiger charge is -2.10. The highest BCUT2D eigenvalue weighted by Crippen LogP contribution is 2.27. The van der Waals surface area contributed by atoms with E-state index in [1.807, 2.05) is 43.3 Å². The quantitative estimate of drug-likeness (QED) is 0.439. The standard InChI is InChI=1S/C22H21N5O3/c1-3-11-30-18-10-9-15(12-19(18)29-2)14-24-27-22-25-20(16-7-5-4-6-8-16)17(13-23)21(28)26-22/h4-10,12,14H,3,11H2,1-2H3,(H2,25,26,27,28). The number of H-pyrrole nitrogens is 1. The fourth-order valence-corrected chi connectivity index (χ4v) is 2.70. The molecule has 3 rings (SSSR count). The topological polar surface area (TPSA) is 112 Å². The third-order valence-corrected chi connectivity index (χ3v) is 4.11. The molecule has 152 valence electrons. The first kappa shape index (κ1) is 20.6. The van der Waals surface area contributed by atoms with E-state index in [1.165, 1.54) is 0 Å². The summed E-state index contributed by atoms with van der Waals surface area (Å²) in [5, 5.41) is 13.4. The molecule has 0 saturated heterocycles. The first-order valence-electron chi connectivity index (χ1n) is 9.36. The van der Waals surface area contributed by atoms with Gasteiger partial charge in [-0.1, -0.05) is 37.3 Å². The van der Waals surface area contributed by atoms with Crippen LogP contribution in [-0.2, 0) is 0 Å². The van der Waals surface area contributed by atoms with Gasteiger partial charge >= 0.3 is 0 Å². The van der Waals surface area contributed by atoms with Gasteiger partial charge in [0, 0.05) is 5.56 Å². The molecule has 3 aromatic rings. The Hall–Kier alpha value is -4.12. The summed E-state index contributed by atoms with van der Waals surface area (Å²) in [6, 6.07) is 16.4. The molecule has 0 amide bonds. The molecule has 0 fully saturated rings. The van der Waals surface area contributed by atoms with E-state index in [-0.39, 0.29) is 11.5 Å². The molecule has 0 spiro atoms. The van der Waals surface area contributed by atoms with E-state index in [0.717, 1.165) is 12.0 Å². The van der Waals surface area contributed by atoms with Crippen LogP contribution in [0.1, 0.15) is 24.5 Å². The van der Waals surface area contributed by atoms with Crippen molar-refractivity contribution in [3.05, 3.63) is 70.0 Å². The highest BCUT2D eigenvalue weighted by molar-refractivity contribution is 5.81. The van der Waals surface area contributed by atoms with Gasteiger partial charge in [0.1, 0.15) is 11.6 Å². The molecule has 1 heterocycles. The van der Waals surface area contributed by atoms with Crippen molar-refractivity contribution >= 4 is 12.2 Å². The van der Waals surface area contributed by atoms with Crippen molar-refractivity contribution in [2.45, 2.75) is 13.3 Å². The van der Waals surface area contributed by atoms with Gasteiger partial charge in [0.15, 0.2) is 11.5 Å². The Morgan fingerprint density at radius 1 is 1.23 bits per heavy atom. The van der Waals surface area contributed by atoms with Crippen LogP contribution in [0.15, 0.2) is 58.4 Å². The zero-order valence-electron chi connectivity index (χ0n) is 16.7. The number of hydrogen-bond acceptors (Lipinski definition) is 7. The zero-order chi connectivity index (χ0) is 21.3. The predicted molar refractivity (Wildman–Crippen MR) is 115 cm³/mol. The van der Waals surface area contributed by atoms with Crippen LogP contribution in [0.25, 0.3) is 11.3 Å². The molecule has 0 atom stereocenters. The van der Waals surface area contributed by atoms with Crippen LogP contribution in [-0.4, -0.2) is 29.9 Å². The zero-order valence-corrected chi connectivity index (χ0v) is 16.7. The maximum atomic E-state index is 12.3. The van der Waals surface area contributed by atoms with E-state index in [2.05, 4.69) is 20.5 Å². The number of nitriles is 1. The summed E-state index contributed by atoms with van der Waals surface area (Å²) in [6.45, 7) is 2.64. The van der Waals surface area contributed by atoms with Gasteiger partial charge in [-0.15, -0.1) is 0 Å². The van der Waals surface area contributed by atoms with Gasteiger partial charge in [-0.05, 0) is 30.2 Å². The van der Waals surface area contributed by atoms with E-state index in [4.69, 9.17) is 9.47 Å². The minimum absolute atomic E-state index is 0.0527. The van der Waals surface area contributed by atoms with Crippen molar-refractivity contribution in [2.75, 3.05) is 19.1 Å². The molecule has 30 heavy (non-hydrogen) atoms. The molecule has 0 saturated carbocycles. The molecule has 0 aliphatic rings. The van der Waals surface area contributed by atoms with Crippen molar-refractivity contribution in [2.24, 2.45) is 5.10 Å². The summed E-state index contributed by atoms with van der Waals surface area (Å²) in [7, 11) is 1.57. The SMILES string of the molecule is CCCOc1ccc(C=NNc2nc(-c3ccccc3)c(C#N)c(=O)[nH]2)cc1OC. The van der Waals surface area contributed by atoms with E-state index in [0.29, 0.717) is 29.4 Å². The molecule has 0 aliphatic carbocycles. The summed E-state index contributed by atoms with van der Waals surface area (Å²) in [5.41, 5.74) is 3.83. The summed E-state index contributed by atoms with van der Waals surface area (Å²) in [4.78, 5) is 19.1. The van der Waals surface area contributed by atoms with Crippen molar-refractivity contribution in [3.8, 4) is 28.8 Å². The Morgan fingerprint density at radius 2 is 2.03 bits per heavy atom. The van der Waals surface area contributed by atoms with E-state index >= 15 is 0 Å². The highest BCUT2D eigenvalue weighted by Gasteiger charge is 2.12.